The number of hydrogen-bond acceptors (Lipinski definition) is 2. The second kappa shape index (κ2) is 8.29. The summed E-state index contributed by atoms with van der Waals surface area (Å²) in [7, 11) is 0. The van der Waals surface area contributed by atoms with Crippen LogP contribution in [-0.2, 0) is 6.54 Å². The number of carbonyl (C=O) groups excluding carboxylic acids is 1. The van der Waals surface area contributed by atoms with E-state index in [4.69, 9.17) is 0 Å². The maximum Gasteiger partial charge on any atom is 0.315 e. The Morgan fingerprint density at radius 1 is 1.22 bits per heavy atom. The molecule has 2 N–H and O–H groups in total. The molecule has 2 rings (SSSR count). The van der Waals surface area contributed by atoms with Crippen LogP contribution in [0.2, 0.25) is 0 Å². The molecule has 1 unspecified atom stereocenters. The molecule has 1 heterocycles. The van der Waals surface area contributed by atoms with Gasteiger partial charge in [-0.1, -0.05) is 26.0 Å². The summed E-state index contributed by atoms with van der Waals surface area (Å²) >= 11 is 0. The van der Waals surface area contributed by atoms with E-state index in [-0.39, 0.29) is 23.9 Å². The van der Waals surface area contributed by atoms with Crippen LogP contribution in [-0.4, -0.2) is 36.1 Å². The Hall–Kier alpha value is -1.62. The minimum atomic E-state index is -0.196. The van der Waals surface area contributed by atoms with Crippen LogP contribution in [0, 0.1) is 11.7 Å². The Labute approximate surface area is 138 Å². The van der Waals surface area contributed by atoms with E-state index in [2.05, 4.69) is 29.4 Å². The van der Waals surface area contributed by atoms with E-state index in [9.17, 15) is 9.18 Å². The van der Waals surface area contributed by atoms with Gasteiger partial charge >= 0.3 is 6.03 Å². The van der Waals surface area contributed by atoms with Crippen molar-refractivity contribution in [2.24, 2.45) is 5.92 Å². The van der Waals surface area contributed by atoms with Crippen LogP contribution in [0.5, 0.6) is 0 Å². The quantitative estimate of drug-likeness (QED) is 0.875. The summed E-state index contributed by atoms with van der Waals surface area (Å²) in [4.78, 5) is 14.3. The Balaban J connectivity index is 1.71. The van der Waals surface area contributed by atoms with Crippen molar-refractivity contribution < 1.29 is 9.18 Å². The van der Waals surface area contributed by atoms with E-state index in [1.54, 1.807) is 0 Å². The van der Waals surface area contributed by atoms with Crippen LogP contribution in [0.15, 0.2) is 24.3 Å². The lowest BCUT2D eigenvalue weighted by Gasteiger charge is -2.32. The highest BCUT2D eigenvalue weighted by atomic mass is 19.1. The number of hydrogen-bond donors (Lipinski definition) is 2. The molecule has 0 spiro atoms. The van der Waals surface area contributed by atoms with Crippen molar-refractivity contribution in [2.45, 2.75) is 52.2 Å². The third-order valence-electron chi connectivity index (χ3n) is 4.60. The SMILES string of the molecule is CC(C)C(C)NC(=O)NC1CCN(Cc2ccc(F)cc2)CC1. The number of piperidine rings is 1. The maximum atomic E-state index is 12.9. The van der Waals surface area contributed by atoms with Crippen LogP contribution < -0.4 is 10.6 Å². The smallest absolute Gasteiger partial charge is 0.315 e. The molecule has 1 atom stereocenters. The van der Waals surface area contributed by atoms with Crippen molar-refractivity contribution >= 4 is 6.03 Å². The molecule has 0 aromatic heterocycles. The first kappa shape index (κ1) is 17.7. The molecular formula is C18H28FN3O. The second-order valence-corrected chi connectivity index (χ2v) is 6.83. The number of rotatable bonds is 5. The molecule has 4 nitrogen and oxygen atoms in total. The monoisotopic (exact) mass is 321 g/mol. The van der Waals surface area contributed by atoms with Crippen molar-refractivity contribution in [3.8, 4) is 0 Å². The predicted molar refractivity (Wildman–Crippen MR) is 90.7 cm³/mol. The lowest BCUT2D eigenvalue weighted by Crippen LogP contribution is -2.50. The minimum Gasteiger partial charge on any atom is -0.335 e. The molecule has 5 heteroatoms. The van der Waals surface area contributed by atoms with Gasteiger partial charge in [-0.25, -0.2) is 9.18 Å². The summed E-state index contributed by atoms with van der Waals surface area (Å²) in [5.74, 6) is 0.233. The van der Waals surface area contributed by atoms with Crippen molar-refractivity contribution in [1.82, 2.24) is 15.5 Å². The van der Waals surface area contributed by atoms with Gasteiger partial charge in [0.25, 0.3) is 0 Å². The van der Waals surface area contributed by atoms with E-state index in [0.717, 1.165) is 38.0 Å². The third kappa shape index (κ3) is 5.82. The fraction of sp³-hybridized carbons (Fsp3) is 0.611. The zero-order valence-corrected chi connectivity index (χ0v) is 14.3. The van der Waals surface area contributed by atoms with E-state index in [0.29, 0.717) is 5.92 Å². The highest BCUT2D eigenvalue weighted by molar-refractivity contribution is 5.74. The molecule has 1 aliphatic heterocycles. The topological polar surface area (TPSA) is 44.4 Å². The van der Waals surface area contributed by atoms with Crippen LogP contribution in [0.1, 0.15) is 39.2 Å². The van der Waals surface area contributed by atoms with Crippen molar-refractivity contribution in [2.75, 3.05) is 13.1 Å². The molecule has 0 saturated carbocycles. The molecular weight excluding hydrogens is 293 g/mol. The van der Waals surface area contributed by atoms with Gasteiger partial charge in [-0.2, -0.15) is 0 Å². The molecule has 1 aromatic carbocycles. The molecule has 0 aliphatic carbocycles. The standard InChI is InChI=1S/C18H28FN3O/c1-13(2)14(3)20-18(23)21-17-8-10-22(11-9-17)12-15-4-6-16(19)7-5-15/h4-7,13-14,17H,8-12H2,1-3H3,(H2,20,21,23). The first-order chi connectivity index (χ1) is 10.9. The first-order valence-electron chi connectivity index (χ1n) is 8.48. The highest BCUT2D eigenvalue weighted by Crippen LogP contribution is 2.14. The maximum absolute atomic E-state index is 12.9. The number of halogens is 1. The van der Waals surface area contributed by atoms with Gasteiger partial charge in [0.1, 0.15) is 5.82 Å². The van der Waals surface area contributed by atoms with Gasteiger partial charge in [-0.15, -0.1) is 0 Å². The highest BCUT2D eigenvalue weighted by Gasteiger charge is 2.21. The Morgan fingerprint density at radius 3 is 2.39 bits per heavy atom. The molecule has 1 aliphatic rings. The average molecular weight is 321 g/mol. The minimum absolute atomic E-state index is 0.0665. The van der Waals surface area contributed by atoms with E-state index in [1.165, 1.54) is 12.1 Å². The zero-order chi connectivity index (χ0) is 16.8. The molecule has 23 heavy (non-hydrogen) atoms. The number of benzene rings is 1. The lowest BCUT2D eigenvalue weighted by molar-refractivity contribution is 0.185. The second-order valence-electron chi connectivity index (χ2n) is 6.83. The average Bonchev–Trinajstić information content (AvgIpc) is 2.51. The molecule has 1 saturated heterocycles. The number of likely N-dealkylation sites (tertiary alicyclic amines) is 1. The van der Waals surface area contributed by atoms with Crippen LogP contribution in [0.25, 0.3) is 0 Å². The van der Waals surface area contributed by atoms with Gasteiger partial charge in [0.15, 0.2) is 0 Å². The van der Waals surface area contributed by atoms with Gasteiger partial charge in [-0.3, -0.25) is 4.90 Å². The fourth-order valence-corrected chi connectivity index (χ4v) is 2.68. The van der Waals surface area contributed by atoms with Gasteiger partial charge in [-0.05, 0) is 43.4 Å². The van der Waals surface area contributed by atoms with E-state index >= 15 is 0 Å². The summed E-state index contributed by atoms with van der Waals surface area (Å²) in [6.45, 7) is 8.95. The molecule has 1 aromatic rings. The van der Waals surface area contributed by atoms with Crippen molar-refractivity contribution in [1.29, 1.82) is 0 Å². The van der Waals surface area contributed by atoms with Gasteiger partial charge < -0.3 is 10.6 Å². The summed E-state index contributed by atoms with van der Waals surface area (Å²) in [5.41, 5.74) is 1.13. The predicted octanol–water partition coefficient (Wildman–Crippen LogP) is 3.13. The van der Waals surface area contributed by atoms with Gasteiger partial charge in [0.05, 0.1) is 0 Å². The molecule has 0 radical (unpaired) electrons. The van der Waals surface area contributed by atoms with Crippen LogP contribution in [0.3, 0.4) is 0 Å². The van der Waals surface area contributed by atoms with Gasteiger partial charge in [0.2, 0.25) is 0 Å². The Morgan fingerprint density at radius 2 is 1.83 bits per heavy atom. The molecule has 128 valence electrons. The van der Waals surface area contributed by atoms with Crippen molar-refractivity contribution in [3.05, 3.63) is 35.6 Å². The van der Waals surface area contributed by atoms with E-state index < -0.39 is 0 Å². The first-order valence-corrected chi connectivity index (χ1v) is 8.48. The van der Waals surface area contributed by atoms with Crippen LogP contribution in [0.4, 0.5) is 9.18 Å². The number of carbonyl (C=O) groups is 1. The normalized spacial score (nSPS) is 18.0. The number of nitrogens with one attached hydrogen (secondary N) is 2. The van der Waals surface area contributed by atoms with E-state index in [1.807, 2.05) is 19.1 Å². The number of nitrogens with zero attached hydrogens (tertiary/aromatic N) is 1. The van der Waals surface area contributed by atoms with Crippen molar-refractivity contribution in [3.63, 3.8) is 0 Å². The Kier molecular flexibility index (Phi) is 6.39. The Bertz CT molecular complexity index is 495. The molecule has 0 bridgehead atoms. The summed E-state index contributed by atoms with van der Waals surface area (Å²) in [6.07, 6.45) is 1.90. The summed E-state index contributed by atoms with van der Waals surface area (Å²) in [6, 6.07) is 7.02. The molecule has 1 fully saturated rings. The van der Waals surface area contributed by atoms with Crippen LogP contribution >= 0.6 is 0 Å². The van der Waals surface area contributed by atoms with Gasteiger partial charge in [0, 0.05) is 31.7 Å². The number of amides is 2. The summed E-state index contributed by atoms with van der Waals surface area (Å²) < 4.78 is 12.9. The summed E-state index contributed by atoms with van der Waals surface area (Å²) in [5, 5.41) is 6.05. The lowest BCUT2D eigenvalue weighted by atomic mass is 10.0. The molecule has 2 amide bonds. The zero-order valence-electron chi connectivity index (χ0n) is 14.3. The number of urea groups is 1. The fourth-order valence-electron chi connectivity index (χ4n) is 2.68. The largest absolute Gasteiger partial charge is 0.335 e. The third-order valence-corrected chi connectivity index (χ3v) is 4.60.